The van der Waals surface area contributed by atoms with Gasteiger partial charge in [-0.15, -0.1) is 82.2 Å². The molecule has 9 aromatic rings. The predicted molar refractivity (Wildman–Crippen MR) is 408 cm³/mol. The van der Waals surface area contributed by atoms with Crippen LogP contribution >= 0.6 is 82.2 Å². The number of thioether (sulfide) groups is 1. The lowest BCUT2D eigenvalue weighted by Gasteiger charge is -2.35. The van der Waals surface area contributed by atoms with E-state index >= 15 is 0 Å². The van der Waals surface area contributed by atoms with E-state index in [1.165, 1.54) is 86.9 Å². The van der Waals surface area contributed by atoms with Crippen molar-refractivity contribution in [1.82, 2.24) is 30.1 Å². The van der Waals surface area contributed by atoms with Gasteiger partial charge in [0.05, 0.1) is 16.3 Å². The predicted octanol–water partition coefficient (Wildman–Crippen LogP) is 19.9. The Labute approximate surface area is 589 Å². The van der Waals surface area contributed by atoms with Crippen LogP contribution < -0.4 is 11.1 Å². The Morgan fingerprint density at radius 2 is 0.914 bits per heavy atom. The average Bonchev–Trinajstić information content (AvgIpc) is 1.70. The van der Waals surface area contributed by atoms with E-state index in [1.807, 2.05) is 127 Å². The van der Waals surface area contributed by atoms with E-state index in [0.717, 1.165) is 82.7 Å². The molecule has 0 aliphatic heterocycles. The Bertz CT molecular complexity index is 3840. The maximum Gasteiger partial charge on any atom is 0.410 e. The van der Waals surface area contributed by atoms with Crippen LogP contribution in [0.25, 0.3) is 32.7 Å². The fourth-order valence-corrected chi connectivity index (χ4v) is 15.6. The summed E-state index contributed by atoms with van der Waals surface area (Å²) in [5.74, 6) is 1.66. The van der Waals surface area contributed by atoms with Crippen LogP contribution in [0.2, 0.25) is 0 Å². The number of amides is 2. The normalized spacial score (nSPS) is 18.8. The second-order valence-electron chi connectivity index (χ2n) is 26.6. The average molecular weight is 1470 g/mol. The van der Waals surface area contributed by atoms with E-state index < -0.39 is 11.2 Å². The molecule has 3 aliphatic rings. The van der Waals surface area contributed by atoms with Gasteiger partial charge in [-0.2, -0.15) is 0 Å². The van der Waals surface area contributed by atoms with Gasteiger partial charge < -0.3 is 56.1 Å². The Hall–Kier alpha value is -5.94. The topological polar surface area (TPSA) is 216 Å². The molecule has 6 aromatic heterocycles. The summed E-state index contributed by atoms with van der Waals surface area (Å²) in [6.07, 6.45) is 22.5. The number of ether oxygens (including phenoxy) is 2. The SMILES string of the molecule is CN(C(=O)OC(C)(C)C)C1CCC(c2c[nH]c3ccc(CC(=N)c4cccs4)cc23)CC1.CN(C(=O)OC(C)(C)C)C1CCC(c2c[nH]c3ccc(N)cc23)CC1.CNC1CCC(c2c[nH]c3ccc(CC(=N)c4cccs4)cc23)CC1.CSC(=N)c1cccs1.Cl.I. The van der Waals surface area contributed by atoms with E-state index in [9.17, 15) is 9.59 Å². The monoisotopic (exact) mass is 1470 g/mol. The summed E-state index contributed by atoms with van der Waals surface area (Å²) in [6, 6.07) is 32.3. The molecule has 6 heterocycles. The zero-order chi connectivity index (χ0) is 65.0. The summed E-state index contributed by atoms with van der Waals surface area (Å²) >= 11 is 6.35. The first-order chi connectivity index (χ1) is 43.5. The number of rotatable bonds is 13. The Kier molecular flexibility index (Phi) is 27.3. The van der Waals surface area contributed by atoms with Gasteiger partial charge in [-0.25, -0.2) is 9.59 Å². The maximum atomic E-state index is 12.4. The molecule has 3 aliphatic carbocycles. The van der Waals surface area contributed by atoms with Gasteiger partial charge in [0.25, 0.3) is 0 Å². The van der Waals surface area contributed by atoms with Crippen LogP contribution in [0, 0.1) is 16.2 Å². The molecular formula is C73H96ClIN10O4S4. The van der Waals surface area contributed by atoms with Crippen molar-refractivity contribution in [2.45, 2.75) is 179 Å². The highest BCUT2D eigenvalue weighted by atomic mass is 127. The highest BCUT2D eigenvalue weighted by Gasteiger charge is 2.33. The van der Waals surface area contributed by atoms with Crippen molar-refractivity contribution >= 4 is 149 Å². The fourth-order valence-electron chi connectivity index (χ4n) is 13.0. The van der Waals surface area contributed by atoms with Crippen LogP contribution in [0.5, 0.6) is 0 Å². The number of benzene rings is 3. The molecule has 0 spiro atoms. The first kappa shape index (κ1) is 74.5. The highest BCUT2D eigenvalue weighted by molar-refractivity contribution is 14.0. The van der Waals surface area contributed by atoms with Crippen molar-refractivity contribution in [3.8, 4) is 0 Å². The molecule has 0 atom stereocenters. The molecule has 0 radical (unpaired) electrons. The molecule has 20 heteroatoms. The number of hydrogen-bond acceptors (Lipinski definition) is 13. The van der Waals surface area contributed by atoms with Crippen molar-refractivity contribution in [1.29, 1.82) is 16.2 Å². The lowest BCUT2D eigenvalue weighted by molar-refractivity contribution is 0.0173. The van der Waals surface area contributed by atoms with Gasteiger partial charge >= 0.3 is 12.2 Å². The Morgan fingerprint density at radius 1 is 0.559 bits per heavy atom. The summed E-state index contributed by atoms with van der Waals surface area (Å²) in [5, 5.41) is 38.1. The van der Waals surface area contributed by atoms with Crippen LogP contribution in [-0.2, 0) is 22.3 Å². The number of anilines is 1. The van der Waals surface area contributed by atoms with Gasteiger partial charge in [0.15, 0.2) is 0 Å². The van der Waals surface area contributed by atoms with E-state index in [1.54, 1.807) is 43.8 Å². The van der Waals surface area contributed by atoms with Crippen LogP contribution in [0.1, 0.15) is 179 Å². The first-order valence-electron chi connectivity index (χ1n) is 32.1. The van der Waals surface area contributed by atoms with E-state index in [2.05, 4.69) is 88.4 Å². The molecule has 2 amide bonds. The number of fused-ring (bicyclic) bond motifs is 3. The van der Waals surface area contributed by atoms with Gasteiger partial charge in [-0.05, 0) is 254 Å². The van der Waals surface area contributed by atoms with Gasteiger partial charge in [0, 0.05) is 112 Å². The molecule has 0 bridgehead atoms. The van der Waals surface area contributed by atoms with Crippen molar-refractivity contribution in [3.05, 3.63) is 168 Å². The molecule has 3 aromatic carbocycles. The molecule has 12 rings (SSSR count). The standard InChI is InChI=1S/C26H33N3O2S.C21H25N3S.C20H29N3O2.C6H7NS2.ClH.HI/c1-26(2,3)31-25(30)29(4)19-10-8-18(9-11-19)21-16-28-23-12-7-17(14-20(21)23)15-22(27)24-6-5-13-32-24;1-23-16-7-5-15(6-8-16)18-13-24-20-9-4-14(11-17(18)20)12-19(22)21-3-2-10-25-21;1-20(2,3)25-19(24)23(4)15-8-5-13(6-9-15)17-12-22-18-10-7-14(21)11-16(17)18;1-8-6(7)5-3-2-4-9-5;;/h5-7,12-14,16,18-19,27-28H,8-11,15H2,1-4H3;2-4,9-11,13,15-16,22-24H,5-8,12H2,1H3;7,10-13,15,22H,5-6,8-9,21H2,1-4H3;2-4,7H,1H3;2*1H. The summed E-state index contributed by atoms with van der Waals surface area (Å²) in [5.41, 5.74) is 17.3. The van der Waals surface area contributed by atoms with Crippen molar-refractivity contribution in [3.63, 3.8) is 0 Å². The number of nitrogens with zero attached hydrogens (tertiary/aromatic N) is 2. The van der Waals surface area contributed by atoms with Gasteiger partial charge in [-0.1, -0.05) is 30.3 Å². The fraction of sp³-hybridized carbons (Fsp3) is 0.438. The molecule has 0 unspecified atom stereocenters. The first-order valence-corrected chi connectivity index (χ1v) is 35.9. The minimum atomic E-state index is -0.468. The quantitative estimate of drug-likeness (QED) is 0.0242. The van der Waals surface area contributed by atoms with Crippen molar-refractivity contribution in [2.75, 3.05) is 33.1 Å². The zero-order valence-electron chi connectivity index (χ0n) is 55.5. The van der Waals surface area contributed by atoms with Gasteiger partial charge in [0.1, 0.15) is 16.2 Å². The summed E-state index contributed by atoms with van der Waals surface area (Å²) < 4.78 is 11.0. The lowest BCUT2D eigenvalue weighted by Crippen LogP contribution is -2.42. The second-order valence-corrected chi connectivity index (χ2v) is 30.3. The van der Waals surface area contributed by atoms with Crippen molar-refractivity contribution in [2.24, 2.45) is 0 Å². The number of thiophene rings is 3. The van der Waals surface area contributed by atoms with E-state index in [-0.39, 0.29) is 60.7 Å². The number of halogens is 2. The molecular weight excluding hydrogens is 1370 g/mol. The number of nitrogen functional groups attached to an aromatic ring is 1. The number of hydrogen-bond donors (Lipinski definition) is 8. The van der Waals surface area contributed by atoms with Crippen molar-refractivity contribution < 1.29 is 19.1 Å². The third kappa shape index (κ3) is 20.3. The summed E-state index contributed by atoms with van der Waals surface area (Å²) in [7, 11) is 5.79. The van der Waals surface area contributed by atoms with Crippen LogP contribution in [0.3, 0.4) is 0 Å². The number of H-pyrrole nitrogens is 3. The number of nitrogens with one attached hydrogen (secondary N) is 7. The molecule has 0 saturated heterocycles. The third-order valence-corrected chi connectivity index (χ3v) is 21.5. The minimum Gasteiger partial charge on any atom is -0.444 e. The number of carbonyl (C=O) groups excluding carboxylic acids is 2. The molecule has 93 heavy (non-hydrogen) atoms. The molecule has 3 fully saturated rings. The third-order valence-electron chi connectivity index (χ3n) is 17.9. The number of aromatic amines is 3. The van der Waals surface area contributed by atoms with Crippen LogP contribution in [0.15, 0.2) is 126 Å². The lowest BCUT2D eigenvalue weighted by atomic mass is 9.81. The van der Waals surface area contributed by atoms with E-state index in [4.69, 9.17) is 31.4 Å². The number of aromatic nitrogens is 3. The van der Waals surface area contributed by atoms with Crippen LogP contribution in [0.4, 0.5) is 15.3 Å². The second kappa shape index (κ2) is 34.1. The summed E-state index contributed by atoms with van der Waals surface area (Å²) in [6.45, 7) is 11.4. The highest BCUT2D eigenvalue weighted by Crippen LogP contribution is 2.41. The summed E-state index contributed by atoms with van der Waals surface area (Å²) in [4.78, 5) is 41.7. The number of nitrogens with two attached hydrogens (primary N) is 1. The molecule has 9 N–H and O–H groups in total. The zero-order valence-corrected chi connectivity index (χ0v) is 62.0. The largest absolute Gasteiger partial charge is 0.444 e. The van der Waals surface area contributed by atoms with Crippen LogP contribution in [-0.4, -0.2) is 110 Å². The minimum absolute atomic E-state index is 0. The Balaban J connectivity index is 0.000000184. The molecule has 14 nitrogen and oxygen atoms in total. The van der Waals surface area contributed by atoms with Gasteiger partial charge in [-0.3, -0.25) is 5.41 Å². The Morgan fingerprint density at radius 3 is 1.26 bits per heavy atom. The smallest absolute Gasteiger partial charge is 0.410 e. The maximum absolute atomic E-state index is 12.4. The van der Waals surface area contributed by atoms with E-state index in [0.29, 0.717) is 53.1 Å². The van der Waals surface area contributed by atoms with Gasteiger partial charge in [0.2, 0.25) is 0 Å². The number of carbonyl (C=O) groups is 2. The molecule has 3 saturated carbocycles. The molecule has 500 valence electrons.